The smallest absolute Gasteiger partial charge is 0.328 e. The summed E-state index contributed by atoms with van der Waals surface area (Å²) < 4.78 is 6.65. The summed E-state index contributed by atoms with van der Waals surface area (Å²) in [5.74, 6) is -0.191. The van der Waals surface area contributed by atoms with Crippen LogP contribution in [0.2, 0.25) is 5.02 Å². The van der Waals surface area contributed by atoms with E-state index in [1.807, 2.05) is 0 Å². The van der Waals surface area contributed by atoms with Gasteiger partial charge in [0.15, 0.2) is 0 Å². The van der Waals surface area contributed by atoms with Crippen molar-refractivity contribution in [1.82, 2.24) is 14.9 Å². The molecule has 3 rings (SSSR count). The number of aromatic amines is 1. The van der Waals surface area contributed by atoms with Gasteiger partial charge in [-0.1, -0.05) is 24.4 Å². The SMILES string of the molecule is O=C(N[C@@H]1CO[C@H](Cn2cc(Cl)c(=O)[nH]c2=O)[C@@H](O)[C@H]1O)C1CCCC1. The summed E-state index contributed by atoms with van der Waals surface area (Å²) in [6.07, 6.45) is 1.42. The topological polar surface area (TPSA) is 134 Å². The van der Waals surface area contributed by atoms with E-state index in [1.165, 1.54) is 0 Å². The van der Waals surface area contributed by atoms with Crippen molar-refractivity contribution in [2.24, 2.45) is 5.92 Å². The molecule has 2 fully saturated rings. The molecular weight excluding hydrogens is 366 g/mol. The van der Waals surface area contributed by atoms with Crippen LogP contribution in [0.25, 0.3) is 0 Å². The molecule has 2 heterocycles. The number of hydrogen-bond acceptors (Lipinski definition) is 6. The lowest BCUT2D eigenvalue weighted by Crippen LogP contribution is -2.60. The summed E-state index contributed by atoms with van der Waals surface area (Å²) in [6, 6.07) is -0.717. The Hall–Kier alpha value is -1.68. The van der Waals surface area contributed by atoms with Crippen molar-refractivity contribution in [3.8, 4) is 0 Å². The number of aromatic nitrogens is 2. The van der Waals surface area contributed by atoms with E-state index in [1.54, 1.807) is 0 Å². The molecular formula is C16H22ClN3O6. The van der Waals surface area contributed by atoms with E-state index < -0.39 is 35.6 Å². The fraction of sp³-hybridized carbons (Fsp3) is 0.688. The van der Waals surface area contributed by atoms with Gasteiger partial charge >= 0.3 is 5.69 Å². The van der Waals surface area contributed by atoms with Crippen LogP contribution in [-0.2, 0) is 16.1 Å². The Morgan fingerprint density at radius 3 is 2.69 bits per heavy atom. The molecule has 0 spiro atoms. The van der Waals surface area contributed by atoms with Gasteiger partial charge in [0, 0.05) is 12.1 Å². The molecule has 0 bridgehead atoms. The Morgan fingerprint density at radius 2 is 2.00 bits per heavy atom. The first-order valence-electron chi connectivity index (χ1n) is 8.64. The lowest BCUT2D eigenvalue weighted by atomic mass is 9.97. The van der Waals surface area contributed by atoms with E-state index in [-0.39, 0.29) is 30.0 Å². The molecule has 4 atom stereocenters. The second-order valence-electron chi connectivity index (χ2n) is 6.84. The summed E-state index contributed by atoms with van der Waals surface area (Å²) in [5.41, 5.74) is -1.39. The fourth-order valence-electron chi connectivity index (χ4n) is 3.47. The van der Waals surface area contributed by atoms with E-state index in [0.29, 0.717) is 0 Å². The molecule has 1 aliphatic carbocycles. The monoisotopic (exact) mass is 387 g/mol. The van der Waals surface area contributed by atoms with Gasteiger partial charge in [0.25, 0.3) is 5.56 Å². The minimum atomic E-state index is -1.31. The first kappa shape index (κ1) is 19.1. The van der Waals surface area contributed by atoms with E-state index in [2.05, 4.69) is 10.3 Å². The Balaban J connectivity index is 1.63. The van der Waals surface area contributed by atoms with Gasteiger partial charge in [0.2, 0.25) is 5.91 Å². The number of nitrogens with one attached hydrogen (secondary N) is 2. The number of aliphatic hydroxyl groups is 2. The molecule has 2 aliphatic rings. The first-order chi connectivity index (χ1) is 12.4. The van der Waals surface area contributed by atoms with E-state index in [9.17, 15) is 24.6 Å². The number of hydrogen-bond donors (Lipinski definition) is 4. The van der Waals surface area contributed by atoms with Crippen molar-refractivity contribution in [2.45, 2.75) is 56.6 Å². The molecule has 4 N–H and O–H groups in total. The summed E-state index contributed by atoms with van der Waals surface area (Å²) >= 11 is 5.71. The average molecular weight is 388 g/mol. The minimum Gasteiger partial charge on any atom is -0.388 e. The third kappa shape index (κ3) is 4.01. The molecule has 1 amide bonds. The van der Waals surface area contributed by atoms with Crippen LogP contribution in [0.3, 0.4) is 0 Å². The molecule has 1 aromatic rings. The number of aliphatic hydroxyl groups excluding tert-OH is 2. The summed E-state index contributed by atoms with van der Waals surface area (Å²) in [7, 11) is 0. The van der Waals surface area contributed by atoms with Crippen LogP contribution in [0.15, 0.2) is 15.8 Å². The van der Waals surface area contributed by atoms with Crippen LogP contribution in [0.1, 0.15) is 25.7 Å². The minimum absolute atomic E-state index is 0.00713. The number of carbonyl (C=O) groups excluding carboxylic acids is 1. The second-order valence-corrected chi connectivity index (χ2v) is 7.25. The lowest BCUT2D eigenvalue weighted by Gasteiger charge is -2.38. The molecule has 1 saturated heterocycles. The highest BCUT2D eigenvalue weighted by Gasteiger charge is 2.40. The predicted molar refractivity (Wildman–Crippen MR) is 92.0 cm³/mol. The molecule has 0 aromatic carbocycles. The van der Waals surface area contributed by atoms with E-state index >= 15 is 0 Å². The third-order valence-corrected chi connectivity index (χ3v) is 5.30. The number of nitrogens with zero attached hydrogens (tertiary/aromatic N) is 1. The van der Waals surface area contributed by atoms with Gasteiger partial charge in [-0.2, -0.15) is 0 Å². The highest BCUT2D eigenvalue weighted by atomic mass is 35.5. The van der Waals surface area contributed by atoms with Crippen LogP contribution < -0.4 is 16.6 Å². The van der Waals surface area contributed by atoms with Gasteiger partial charge in [-0.25, -0.2) is 4.79 Å². The largest absolute Gasteiger partial charge is 0.388 e. The maximum Gasteiger partial charge on any atom is 0.328 e. The van der Waals surface area contributed by atoms with Crippen LogP contribution >= 0.6 is 11.6 Å². The van der Waals surface area contributed by atoms with Gasteiger partial charge in [0.1, 0.15) is 23.3 Å². The predicted octanol–water partition coefficient (Wildman–Crippen LogP) is -1.01. The Bertz CT molecular complexity index is 772. The second kappa shape index (κ2) is 7.91. The summed E-state index contributed by atoms with van der Waals surface area (Å²) in [5, 5.41) is 23.2. The third-order valence-electron chi connectivity index (χ3n) is 5.03. The lowest BCUT2D eigenvalue weighted by molar-refractivity contribution is -0.159. The van der Waals surface area contributed by atoms with Crippen molar-refractivity contribution in [1.29, 1.82) is 0 Å². The maximum absolute atomic E-state index is 12.2. The van der Waals surface area contributed by atoms with Gasteiger partial charge in [-0.05, 0) is 12.8 Å². The molecule has 10 heteroatoms. The molecule has 0 unspecified atom stereocenters. The quantitative estimate of drug-likeness (QED) is 0.523. The van der Waals surface area contributed by atoms with Crippen LogP contribution in [0, 0.1) is 5.92 Å². The number of H-pyrrole nitrogens is 1. The van der Waals surface area contributed by atoms with Crippen molar-refractivity contribution in [2.75, 3.05) is 6.61 Å². The molecule has 26 heavy (non-hydrogen) atoms. The molecule has 144 valence electrons. The fourth-order valence-corrected chi connectivity index (χ4v) is 3.64. The molecule has 1 aliphatic heterocycles. The van der Waals surface area contributed by atoms with Crippen LogP contribution in [0.5, 0.6) is 0 Å². The van der Waals surface area contributed by atoms with E-state index in [4.69, 9.17) is 16.3 Å². The number of rotatable bonds is 4. The van der Waals surface area contributed by atoms with Gasteiger partial charge < -0.3 is 20.3 Å². The van der Waals surface area contributed by atoms with Crippen molar-refractivity contribution in [3.63, 3.8) is 0 Å². The zero-order chi connectivity index (χ0) is 18.8. The standard InChI is InChI=1S/C16H22ClN3O6/c17-9-5-20(16(25)19-15(9)24)6-11-13(22)12(21)10(7-26-11)18-14(23)8-3-1-2-4-8/h5,8,10-13,21-22H,1-4,6-7H2,(H,18,23)(H,19,24,25)/t10-,11-,12+,13-/m1/s1. The van der Waals surface area contributed by atoms with Gasteiger partial charge in [-0.15, -0.1) is 0 Å². The van der Waals surface area contributed by atoms with Gasteiger partial charge in [-0.3, -0.25) is 19.1 Å². The molecule has 0 radical (unpaired) electrons. The van der Waals surface area contributed by atoms with Crippen LogP contribution in [0.4, 0.5) is 0 Å². The van der Waals surface area contributed by atoms with Crippen molar-refractivity contribution < 1.29 is 19.7 Å². The summed E-state index contributed by atoms with van der Waals surface area (Å²) in [4.78, 5) is 37.3. The number of ether oxygens (including phenoxy) is 1. The maximum atomic E-state index is 12.2. The van der Waals surface area contributed by atoms with Gasteiger partial charge in [0.05, 0.1) is 19.2 Å². The zero-order valence-corrected chi connectivity index (χ0v) is 14.8. The van der Waals surface area contributed by atoms with Crippen LogP contribution in [-0.4, -0.2) is 56.6 Å². The Kier molecular flexibility index (Phi) is 5.81. The first-order valence-corrected chi connectivity index (χ1v) is 9.02. The number of carbonyl (C=O) groups is 1. The highest BCUT2D eigenvalue weighted by Crippen LogP contribution is 2.25. The number of halogens is 1. The summed E-state index contributed by atoms with van der Waals surface area (Å²) in [6.45, 7) is -0.0932. The van der Waals surface area contributed by atoms with Crippen molar-refractivity contribution >= 4 is 17.5 Å². The molecule has 1 saturated carbocycles. The average Bonchev–Trinajstić information content (AvgIpc) is 3.14. The zero-order valence-electron chi connectivity index (χ0n) is 14.1. The normalized spacial score (nSPS) is 29.7. The van der Waals surface area contributed by atoms with E-state index in [0.717, 1.165) is 36.4 Å². The number of amides is 1. The Labute approximate surface area is 153 Å². The van der Waals surface area contributed by atoms with Crippen molar-refractivity contribution in [3.05, 3.63) is 32.1 Å². The highest BCUT2D eigenvalue weighted by molar-refractivity contribution is 6.30. The molecule has 1 aromatic heterocycles. The molecule has 9 nitrogen and oxygen atoms in total. The Morgan fingerprint density at radius 1 is 1.31 bits per heavy atom.